The molecule has 0 aliphatic heterocycles. The van der Waals surface area contributed by atoms with E-state index in [2.05, 4.69) is 5.32 Å². The Kier molecular flexibility index (Phi) is 6.17. The maximum Gasteiger partial charge on any atom is 0.407 e. The molecule has 0 spiro atoms. The van der Waals surface area contributed by atoms with Gasteiger partial charge in [0.2, 0.25) is 0 Å². The number of benzene rings is 2. The van der Waals surface area contributed by atoms with Crippen molar-refractivity contribution in [2.45, 2.75) is 13.0 Å². The highest BCUT2D eigenvalue weighted by atomic mass is 19.1. The molecule has 2 aromatic carbocycles. The first kappa shape index (κ1) is 16.5. The van der Waals surface area contributed by atoms with Gasteiger partial charge in [0, 0.05) is 12.1 Å². The molecule has 5 heteroatoms. The van der Waals surface area contributed by atoms with Crippen molar-refractivity contribution in [1.82, 2.24) is 5.32 Å². The predicted molar refractivity (Wildman–Crippen MR) is 86.3 cm³/mol. The lowest BCUT2D eigenvalue weighted by Crippen LogP contribution is -2.24. The SMILES string of the molecule is O=C(NCCC=Cc1cc(F)ccc1O)OCc1ccccc1. The maximum atomic E-state index is 13.0. The van der Waals surface area contributed by atoms with Crippen LogP contribution in [0.1, 0.15) is 17.5 Å². The van der Waals surface area contributed by atoms with E-state index in [1.54, 1.807) is 12.2 Å². The third-order valence-corrected chi connectivity index (χ3v) is 3.08. The van der Waals surface area contributed by atoms with E-state index in [1.807, 2.05) is 30.3 Å². The quantitative estimate of drug-likeness (QED) is 0.796. The van der Waals surface area contributed by atoms with E-state index in [9.17, 15) is 14.3 Å². The summed E-state index contributed by atoms with van der Waals surface area (Å²) in [7, 11) is 0. The lowest BCUT2D eigenvalue weighted by atomic mass is 10.1. The zero-order valence-electron chi connectivity index (χ0n) is 12.5. The van der Waals surface area contributed by atoms with Crippen LogP contribution in [0.25, 0.3) is 6.08 Å². The second kappa shape index (κ2) is 8.58. The summed E-state index contributed by atoms with van der Waals surface area (Å²) >= 11 is 0. The molecule has 0 aromatic heterocycles. The molecule has 0 bridgehead atoms. The Hall–Kier alpha value is -2.82. The van der Waals surface area contributed by atoms with E-state index in [1.165, 1.54) is 18.2 Å². The van der Waals surface area contributed by atoms with Crippen LogP contribution in [0.5, 0.6) is 5.75 Å². The van der Waals surface area contributed by atoms with E-state index < -0.39 is 11.9 Å². The van der Waals surface area contributed by atoms with Crippen LogP contribution < -0.4 is 5.32 Å². The van der Waals surface area contributed by atoms with Crippen LogP contribution in [-0.4, -0.2) is 17.7 Å². The lowest BCUT2D eigenvalue weighted by Gasteiger charge is -2.06. The van der Waals surface area contributed by atoms with Gasteiger partial charge in [0.1, 0.15) is 18.2 Å². The number of hydrogen-bond donors (Lipinski definition) is 2. The van der Waals surface area contributed by atoms with Gasteiger partial charge in [-0.2, -0.15) is 0 Å². The predicted octanol–water partition coefficient (Wildman–Crippen LogP) is 3.86. The molecular formula is C18H18FNO3. The molecule has 2 N–H and O–H groups in total. The monoisotopic (exact) mass is 315 g/mol. The maximum absolute atomic E-state index is 13.0. The van der Waals surface area contributed by atoms with Crippen molar-refractivity contribution in [2.24, 2.45) is 0 Å². The second-order valence-corrected chi connectivity index (χ2v) is 4.88. The van der Waals surface area contributed by atoms with Gasteiger partial charge in [-0.1, -0.05) is 42.5 Å². The molecule has 2 rings (SSSR count). The zero-order chi connectivity index (χ0) is 16.5. The largest absolute Gasteiger partial charge is 0.507 e. The van der Waals surface area contributed by atoms with Gasteiger partial charge in [-0.05, 0) is 30.2 Å². The number of nitrogens with one attached hydrogen (secondary N) is 1. The van der Waals surface area contributed by atoms with Crippen LogP contribution in [0, 0.1) is 5.82 Å². The molecule has 1 amide bonds. The summed E-state index contributed by atoms with van der Waals surface area (Å²) in [5, 5.41) is 12.2. The van der Waals surface area contributed by atoms with Crippen LogP contribution in [0.3, 0.4) is 0 Å². The highest BCUT2D eigenvalue weighted by Crippen LogP contribution is 2.19. The molecule has 0 radical (unpaired) electrons. The number of hydrogen-bond acceptors (Lipinski definition) is 3. The number of alkyl carbamates (subject to hydrolysis) is 1. The number of ether oxygens (including phenoxy) is 1. The topological polar surface area (TPSA) is 58.6 Å². The Morgan fingerprint density at radius 3 is 2.78 bits per heavy atom. The Morgan fingerprint density at radius 2 is 2.00 bits per heavy atom. The Balaban J connectivity index is 1.67. The number of amides is 1. The molecular weight excluding hydrogens is 297 g/mol. The highest BCUT2D eigenvalue weighted by Gasteiger charge is 2.01. The molecule has 0 fully saturated rings. The standard InChI is InChI=1S/C18H18FNO3/c19-16-9-10-17(21)15(12-16)8-4-5-11-20-18(22)23-13-14-6-2-1-3-7-14/h1-4,6-10,12,21H,5,11,13H2,(H,20,22). The molecule has 4 nitrogen and oxygen atoms in total. The van der Waals surface area contributed by atoms with Crippen molar-refractivity contribution in [1.29, 1.82) is 0 Å². The summed E-state index contributed by atoms with van der Waals surface area (Å²) in [6.07, 6.45) is 3.40. The summed E-state index contributed by atoms with van der Waals surface area (Å²) in [4.78, 5) is 11.5. The summed E-state index contributed by atoms with van der Waals surface area (Å²) in [5.41, 5.74) is 1.32. The number of rotatable bonds is 6. The number of phenols is 1. The third-order valence-electron chi connectivity index (χ3n) is 3.08. The number of halogens is 1. The van der Waals surface area contributed by atoms with E-state index >= 15 is 0 Å². The number of phenolic OH excluding ortho intramolecular Hbond substituents is 1. The smallest absolute Gasteiger partial charge is 0.407 e. The fourth-order valence-electron chi connectivity index (χ4n) is 1.90. The van der Waals surface area contributed by atoms with Crippen molar-refractivity contribution >= 4 is 12.2 Å². The average Bonchev–Trinajstić information content (AvgIpc) is 2.56. The van der Waals surface area contributed by atoms with Gasteiger partial charge in [-0.3, -0.25) is 0 Å². The van der Waals surface area contributed by atoms with Crippen molar-refractivity contribution in [3.05, 3.63) is 71.6 Å². The van der Waals surface area contributed by atoms with Gasteiger partial charge in [-0.25, -0.2) is 9.18 Å². The average molecular weight is 315 g/mol. The van der Waals surface area contributed by atoms with Crippen molar-refractivity contribution in [2.75, 3.05) is 6.54 Å². The zero-order valence-corrected chi connectivity index (χ0v) is 12.5. The van der Waals surface area contributed by atoms with E-state index in [-0.39, 0.29) is 12.4 Å². The fraction of sp³-hybridized carbons (Fsp3) is 0.167. The molecule has 0 atom stereocenters. The van der Waals surface area contributed by atoms with Gasteiger partial charge in [-0.15, -0.1) is 0 Å². The minimum absolute atomic E-state index is 0.0119. The van der Waals surface area contributed by atoms with Crippen LogP contribution in [0.15, 0.2) is 54.6 Å². The van der Waals surface area contributed by atoms with Crippen molar-refractivity contribution < 1.29 is 19.0 Å². The molecule has 0 aliphatic carbocycles. The van der Waals surface area contributed by atoms with Gasteiger partial charge in [0.15, 0.2) is 0 Å². The molecule has 0 saturated carbocycles. The Morgan fingerprint density at radius 1 is 1.22 bits per heavy atom. The Labute approximate surface area is 134 Å². The van der Waals surface area contributed by atoms with E-state index in [0.717, 1.165) is 5.56 Å². The molecule has 0 unspecified atom stereocenters. The normalized spacial score (nSPS) is 10.7. The highest BCUT2D eigenvalue weighted by molar-refractivity contribution is 5.67. The van der Waals surface area contributed by atoms with E-state index in [0.29, 0.717) is 18.5 Å². The number of carbonyl (C=O) groups excluding carboxylic acids is 1. The number of aromatic hydroxyl groups is 1. The van der Waals surface area contributed by atoms with Gasteiger partial charge in [0.05, 0.1) is 0 Å². The van der Waals surface area contributed by atoms with Crippen molar-refractivity contribution in [3.63, 3.8) is 0 Å². The van der Waals surface area contributed by atoms with Crippen molar-refractivity contribution in [3.8, 4) is 5.75 Å². The van der Waals surface area contributed by atoms with Crippen LogP contribution >= 0.6 is 0 Å². The first-order valence-electron chi connectivity index (χ1n) is 7.25. The molecule has 0 heterocycles. The van der Waals surface area contributed by atoms with Gasteiger partial charge in [0.25, 0.3) is 0 Å². The molecule has 0 aliphatic rings. The first-order chi connectivity index (χ1) is 11.1. The summed E-state index contributed by atoms with van der Waals surface area (Å²) in [6, 6.07) is 13.1. The van der Waals surface area contributed by atoms with E-state index in [4.69, 9.17) is 4.74 Å². The minimum atomic E-state index is -0.490. The molecule has 23 heavy (non-hydrogen) atoms. The van der Waals surface area contributed by atoms with Crippen LogP contribution in [-0.2, 0) is 11.3 Å². The first-order valence-corrected chi connectivity index (χ1v) is 7.25. The molecule has 2 aromatic rings. The number of carbonyl (C=O) groups is 1. The van der Waals surface area contributed by atoms with Gasteiger partial charge >= 0.3 is 6.09 Å². The Bertz CT molecular complexity index is 671. The third kappa shape index (κ3) is 5.82. The molecule has 0 saturated heterocycles. The summed E-state index contributed by atoms with van der Waals surface area (Å²) in [6.45, 7) is 0.611. The van der Waals surface area contributed by atoms with Crippen LogP contribution in [0.2, 0.25) is 0 Å². The lowest BCUT2D eigenvalue weighted by molar-refractivity contribution is 0.140. The second-order valence-electron chi connectivity index (χ2n) is 4.88. The molecule has 120 valence electrons. The summed E-state index contributed by atoms with van der Waals surface area (Å²) < 4.78 is 18.1. The minimum Gasteiger partial charge on any atom is -0.507 e. The van der Waals surface area contributed by atoms with Gasteiger partial charge < -0.3 is 15.2 Å². The summed E-state index contributed by atoms with van der Waals surface area (Å²) in [5.74, 6) is -0.400. The fourth-order valence-corrected chi connectivity index (χ4v) is 1.90. The van der Waals surface area contributed by atoms with Crippen LogP contribution in [0.4, 0.5) is 9.18 Å².